The van der Waals surface area contributed by atoms with Gasteiger partial charge in [0.25, 0.3) is 11.8 Å². The van der Waals surface area contributed by atoms with Gasteiger partial charge in [0, 0.05) is 37.2 Å². The van der Waals surface area contributed by atoms with E-state index in [1.807, 2.05) is 37.3 Å². The number of ether oxygens (including phenoxy) is 2. The Kier molecular flexibility index (Phi) is 7.35. The molecule has 2 atom stereocenters. The van der Waals surface area contributed by atoms with E-state index < -0.39 is 0 Å². The number of hydrogen-bond donors (Lipinski definition) is 2. The lowest BCUT2D eigenvalue weighted by atomic mass is 9.87. The molecule has 8 heteroatoms. The minimum Gasteiger partial charge on any atom is -0.489 e. The predicted molar refractivity (Wildman–Crippen MR) is 127 cm³/mol. The lowest BCUT2D eigenvalue weighted by Gasteiger charge is -2.25. The molecule has 0 aromatic heterocycles. The molecular formula is C26H31N3O5. The van der Waals surface area contributed by atoms with Crippen LogP contribution in [0, 0.1) is 0 Å². The van der Waals surface area contributed by atoms with Crippen LogP contribution in [-0.4, -0.2) is 62.2 Å². The SMILES string of the molecule is CNC(=O)c1cc(C(=O)NCCOC(=O)N2CCCCC2)cc2c1OC(C)C2c1ccccc1. The van der Waals surface area contributed by atoms with Gasteiger partial charge in [-0.2, -0.15) is 0 Å². The number of piperidine rings is 1. The molecule has 3 amide bonds. The highest BCUT2D eigenvalue weighted by Crippen LogP contribution is 2.44. The first-order valence-corrected chi connectivity index (χ1v) is 11.8. The largest absolute Gasteiger partial charge is 0.489 e. The molecule has 0 spiro atoms. The first-order chi connectivity index (χ1) is 16.5. The number of carbonyl (C=O) groups excluding carboxylic acids is 3. The van der Waals surface area contributed by atoms with Crippen LogP contribution < -0.4 is 15.4 Å². The third-order valence-corrected chi connectivity index (χ3v) is 6.35. The van der Waals surface area contributed by atoms with Crippen LogP contribution in [0.1, 0.15) is 63.9 Å². The minimum absolute atomic E-state index is 0.0844. The Morgan fingerprint density at radius 3 is 2.50 bits per heavy atom. The summed E-state index contributed by atoms with van der Waals surface area (Å²) in [5, 5.41) is 5.42. The van der Waals surface area contributed by atoms with Crippen molar-refractivity contribution in [3.05, 3.63) is 64.7 Å². The zero-order chi connectivity index (χ0) is 24.1. The number of likely N-dealkylation sites (tertiary alicyclic amines) is 1. The average molecular weight is 466 g/mol. The zero-order valence-corrected chi connectivity index (χ0v) is 19.6. The van der Waals surface area contributed by atoms with Crippen molar-refractivity contribution >= 4 is 17.9 Å². The zero-order valence-electron chi connectivity index (χ0n) is 19.6. The number of fused-ring (bicyclic) bond motifs is 1. The molecule has 0 radical (unpaired) electrons. The van der Waals surface area contributed by atoms with Gasteiger partial charge in [-0.1, -0.05) is 30.3 Å². The maximum atomic E-state index is 12.9. The molecule has 2 aromatic carbocycles. The van der Waals surface area contributed by atoms with Crippen LogP contribution in [0.3, 0.4) is 0 Å². The van der Waals surface area contributed by atoms with Crippen LogP contribution in [0.2, 0.25) is 0 Å². The fourth-order valence-electron chi connectivity index (χ4n) is 4.64. The summed E-state index contributed by atoms with van der Waals surface area (Å²) in [6.45, 7) is 3.65. The van der Waals surface area contributed by atoms with Crippen LogP contribution in [0.5, 0.6) is 5.75 Å². The molecule has 8 nitrogen and oxygen atoms in total. The Morgan fingerprint density at radius 2 is 1.79 bits per heavy atom. The van der Waals surface area contributed by atoms with Gasteiger partial charge in [-0.15, -0.1) is 0 Å². The molecule has 1 saturated heterocycles. The van der Waals surface area contributed by atoms with Crippen molar-refractivity contribution in [1.82, 2.24) is 15.5 Å². The number of benzene rings is 2. The number of carbonyl (C=O) groups is 3. The van der Waals surface area contributed by atoms with E-state index >= 15 is 0 Å². The summed E-state index contributed by atoms with van der Waals surface area (Å²) in [6, 6.07) is 13.2. The van der Waals surface area contributed by atoms with E-state index in [0.717, 1.165) is 30.4 Å². The van der Waals surface area contributed by atoms with Gasteiger partial charge in [-0.05, 0) is 43.9 Å². The summed E-state index contributed by atoms with van der Waals surface area (Å²) in [5.74, 6) is -0.249. The molecule has 2 aromatic rings. The number of rotatable bonds is 6. The molecular weight excluding hydrogens is 434 g/mol. The number of amides is 3. The van der Waals surface area contributed by atoms with E-state index in [0.29, 0.717) is 30.0 Å². The predicted octanol–water partition coefficient (Wildman–Crippen LogP) is 3.31. The Labute approximate surface area is 199 Å². The molecule has 0 aliphatic carbocycles. The van der Waals surface area contributed by atoms with Crippen molar-refractivity contribution in [2.45, 2.75) is 38.2 Å². The lowest BCUT2D eigenvalue weighted by molar-refractivity contribution is 0.0867. The monoisotopic (exact) mass is 465 g/mol. The maximum absolute atomic E-state index is 12.9. The van der Waals surface area contributed by atoms with Crippen molar-refractivity contribution < 1.29 is 23.9 Å². The molecule has 0 saturated carbocycles. The average Bonchev–Trinajstić information content (AvgIpc) is 3.21. The highest BCUT2D eigenvalue weighted by atomic mass is 16.6. The molecule has 180 valence electrons. The molecule has 2 N–H and O–H groups in total. The third-order valence-electron chi connectivity index (χ3n) is 6.35. The molecule has 1 fully saturated rings. The number of nitrogens with zero attached hydrogens (tertiary/aromatic N) is 1. The van der Waals surface area contributed by atoms with Crippen molar-refractivity contribution in [2.75, 3.05) is 33.3 Å². The molecule has 2 unspecified atom stereocenters. The van der Waals surface area contributed by atoms with Crippen molar-refractivity contribution in [3.63, 3.8) is 0 Å². The van der Waals surface area contributed by atoms with Crippen LogP contribution in [-0.2, 0) is 4.74 Å². The maximum Gasteiger partial charge on any atom is 0.409 e. The first kappa shape index (κ1) is 23.6. The Balaban J connectivity index is 1.48. The molecule has 2 heterocycles. The van der Waals surface area contributed by atoms with Crippen LogP contribution >= 0.6 is 0 Å². The van der Waals surface area contributed by atoms with E-state index in [2.05, 4.69) is 10.6 Å². The minimum atomic E-state index is -0.342. The molecule has 34 heavy (non-hydrogen) atoms. The Hall–Kier alpha value is -3.55. The van der Waals surface area contributed by atoms with Gasteiger partial charge in [0.15, 0.2) is 0 Å². The second kappa shape index (κ2) is 10.6. The van der Waals surface area contributed by atoms with E-state index in [1.165, 1.54) is 0 Å². The topological polar surface area (TPSA) is 97.0 Å². The number of nitrogens with one attached hydrogen (secondary N) is 2. The Bertz CT molecular complexity index is 1050. The summed E-state index contributed by atoms with van der Waals surface area (Å²) in [4.78, 5) is 39.4. The quantitative estimate of drug-likeness (QED) is 0.638. The summed E-state index contributed by atoms with van der Waals surface area (Å²) in [7, 11) is 1.55. The van der Waals surface area contributed by atoms with Crippen LogP contribution in [0.15, 0.2) is 42.5 Å². The summed E-state index contributed by atoms with van der Waals surface area (Å²) >= 11 is 0. The lowest BCUT2D eigenvalue weighted by Crippen LogP contribution is -2.37. The molecule has 0 bridgehead atoms. The van der Waals surface area contributed by atoms with Crippen molar-refractivity contribution in [2.24, 2.45) is 0 Å². The molecule has 2 aliphatic heterocycles. The smallest absolute Gasteiger partial charge is 0.409 e. The Morgan fingerprint density at radius 1 is 1.06 bits per heavy atom. The van der Waals surface area contributed by atoms with Gasteiger partial charge < -0.3 is 25.0 Å². The van der Waals surface area contributed by atoms with Gasteiger partial charge in [0.05, 0.1) is 12.1 Å². The van der Waals surface area contributed by atoms with E-state index in [-0.39, 0.29) is 43.1 Å². The fraction of sp³-hybridized carbons (Fsp3) is 0.423. The highest BCUT2D eigenvalue weighted by Gasteiger charge is 2.36. The van der Waals surface area contributed by atoms with E-state index in [9.17, 15) is 14.4 Å². The summed E-state index contributed by atoms with van der Waals surface area (Å²) < 4.78 is 11.4. The summed E-state index contributed by atoms with van der Waals surface area (Å²) in [6.07, 6.45) is 2.58. The second-order valence-corrected chi connectivity index (χ2v) is 8.65. The van der Waals surface area contributed by atoms with E-state index in [1.54, 1.807) is 24.1 Å². The summed E-state index contributed by atoms with van der Waals surface area (Å²) in [5.41, 5.74) is 2.55. The number of hydrogen-bond acceptors (Lipinski definition) is 5. The first-order valence-electron chi connectivity index (χ1n) is 11.8. The van der Waals surface area contributed by atoms with Gasteiger partial charge in [-0.3, -0.25) is 9.59 Å². The van der Waals surface area contributed by atoms with Crippen LogP contribution in [0.4, 0.5) is 4.79 Å². The standard InChI is InChI=1S/C26H31N3O5/c1-17-22(18-9-5-3-6-10-18)20-15-19(16-21(23(20)34-17)25(31)27-2)24(30)28-11-14-33-26(32)29-12-7-4-8-13-29/h3,5-6,9-10,15-17,22H,4,7-8,11-14H2,1-2H3,(H,27,31)(H,28,30). The van der Waals surface area contributed by atoms with Gasteiger partial charge in [0.1, 0.15) is 18.5 Å². The van der Waals surface area contributed by atoms with Gasteiger partial charge >= 0.3 is 6.09 Å². The normalized spacial score (nSPS) is 19.1. The van der Waals surface area contributed by atoms with Crippen molar-refractivity contribution in [1.29, 1.82) is 0 Å². The van der Waals surface area contributed by atoms with Crippen LogP contribution in [0.25, 0.3) is 0 Å². The van der Waals surface area contributed by atoms with Gasteiger partial charge in [0.2, 0.25) is 0 Å². The second-order valence-electron chi connectivity index (χ2n) is 8.65. The molecule has 4 rings (SSSR count). The van der Waals surface area contributed by atoms with E-state index in [4.69, 9.17) is 9.47 Å². The molecule has 2 aliphatic rings. The fourth-order valence-corrected chi connectivity index (χ4v) is 4.64. The van der Waals surface area contributed by atoms with Crippen molar-refractivity contribution in [3.8, 4) is 5.75 Å². The highest BCUT2D eigenvalue weighted by molar-refractivity contribution is 6.02. The third kappa shape index (κ3) is 5.00. The van der Waals surface area contributed by atoms with Gasteiger partial charge in [-0.25, -0.2) is 4.79 Å².